The Hall–Kier alpha value is -3.61. The van der Waals surface area contributed by atoms with Crippen LogP contribution < -0.4 is 15.0 Å². The van der Waals surface area contributed by atoms with Crippen LogP contribution in [0.25, 0.3) is 0 Å². The summed E-state index contributed by atoms with van der Waals surface area (Å²) in [5, 5.41) is 3.02. The van der Waals surface area contributed by atoms with Crippen LogP contribution in [0.5, 0.6) is 5.75 Å². The number of carbonyl (C=O) groups is 3. The molecule has 3 aromatic rings. The maximum Gasteiger partial charge on any atom is 0.343 e. The van der Waals surface area contributed by atoms with E-state index in [0.717, 1.165) is 17.7 Å². The number of nitrogens with one attached hydrogen (secondary N) is 1. The van der Waals surface area contributed by atoms with E-state index in [1.54, 1.807) is 54.6 Å². The summed E-state index contributed by atoms with van der Waals surface area (Å²) in [6.07, 6.45) is 2.01. The average molecular weight is 495 g/mol. The van der Waals surface area contributed by atoms with Gasteiger partial charge in [0, 0.05) is 10.7 Å². The second-order valence-electron chi connectivity index (χ2n) is 7.60. The van der Waals surface area contributed by atoms with E-state index in [0.29, 0.717) is 27.7 Å². The predicted molar refractivity (Wildman–Crippen MR) is 132 cm³/mol. The number of hydrogen-bond donors (Lipinski definition) is 1. The maximum absolute atomic E-state index is 12.9. The van der Waals surface area contributed by atoms with Gasteiger partial charge in [0.2, 0.25) is 0 Å². The van der Waals surface area contributed by atoms with Crippen molar-refractivity contribution in [2.75, 3.05) is 10.2 Å². The van der Waals surface area contributed by atoms with E-state index in [4.69, 9.17) is 27.9 Å². The van der Waals surface area contributed by atoms with Gasteiger partial charge in [-0.05, 0) is 66.6 Å². The standard InChI is InChI=1S/C26H20Cl2N2O4/c1-2-4-16-7-13-21(14-8-16)34-26(33)17-9-11-19(12-10-17)29-23-22(28)24(31)30(25(23)32)20-6-3-5-18(27)15-20/h3,5-15,29H,2,4H2,1H3. The van der Waals surface area contributed by atoms with Gasteiger partial charge in [0.05, 0.1) is 11.3 Å². The van der Waals surface area contributed by atoms with Crippen LogP contribution >= 0.6 is 23.2 Å². The number of halogens is 2. The lowest BCUT2D eigenvalue weighted by molar-refractivity contribution is -0.120. The highest BCUT2D eigenvalue weighted by atomic mass is 35.5. The normalized spacial score (nSPS) is 13.4. The molecule has 1 N–H and O–H groups in total. The summed E-state index contributed by atoms with van der Waals surface area (Å²) in [4.78, 5) is 38.9. The Morgan fingerprint density at radius 2 is 1.65 bits per heavy atom. The molecule has 0 bridgehead atoms. The first-order valence-corrected chi connectivity index (χ1v) is 11.4. The maximum atomic E-state index is 12.9. The predicted octanol–water partition coefficient (Wildman–Crippen LogP) is 5.95. The van der Waals surface area contributed by atoms with Gasteiger partial charge in [-0.15, -0.1) is 0 Å². The highest BCUT2D eigenvalue weighted by Crippen LogP contribution is 2.31. The van der Waals surface area contributed by atoms with Crippen molar-refractivity contribution in [3.8, 4) is 5.75 Å². The average Bonchev–Trinajstić information content (AvgIpc) is 3.04. The topological polar surface area (TPSA) is 75.7 Å². The number of aryl methyl sites for hydroxylation is 1. The fraction of sp³-hybridized carbons (Fsp3) is 0.115. The monoisotopic (exact) mass is 494 g/mol. The minimum Gasteiger partial charge on any atom is -0.423 e. The van der Waals surface area contributed by atoms with E-state index in [1.807, 2.05) is 12.1 Å². The van der Waals surface area contributed by atoms with Crippen LogP contribution in [0.15, 0.2) is 83.5 Å². The molecule has 1 aliphatic heterocycles. The summed E-state index contributed by atoms with van der Waals surface area (Å²) in [5.74, 6) is -1.31. The van der Waals surface area contributed by atoms with Crippen LogP contribution in [0.2, 0.25) is 5.02 Å². The van der Waals surface area contributed by atoms with Gasteiger partial charge in [0.25, 0.3) is 11.8 Å². The van der Waals surface area contributed by atoms with Crippen LogP contribution in [0.4, 0.5) is 11.4 Å². The summed E-state index contributed by atoms with van der Waals surface area (Å²) < 4.78 is 5.42. The smallest absolute Gasteiger partial charge is 0.343 e. The van der Waals surface area contributed by atoms with Crippen molar-refractivity contribution < 1.29 is 19.1 Å². The molecular formula is C26H20Cl2N2O4. The molecule has 4 rings (SSSR count). The van der Waals surface area contributed by atoms with Crippen molar-refractivity contribution in [1.82, 2.24) is 0 Å². The summed E-state index contributed by atoms with van der Waals surface area (Å²) >= 11 is 12.1. The molecule has 1 aliphatic rings. The summed E-state index contributed by atoms with van der Waals surface area (Å²) in [7, 11) is 0. The van der Waals surface area contributed by atoms with Gasteiger partial charge < -0.3 is 10.1 Å². The lowest BCUT2D eigenvalue weighted by Gasteiger charge is -2.15. The Kier molecular flexibility index (Phi) is 7.01. The van der Waals surface area contributed by atoms with Crippen molar-refractivity contribution in [3.63, 3.8) is 0 Å². The molecule has 0 saturated carbocycles. The number of amides is 2. The highest BCUT2D eigenvalue weighted by molar-refractivity contribution is 6.53. The summed E-state index contributed by atoms with van der Waals surface area (Å²) in [6.45, 7) is 2.10. The molecule has 0 fully saturated rings. The first-order chi connectivity index (χ1) is 16.4. The van der Waals surface area contributed by atoms with Crippen molar-refractivity contribution in [1.29, 1.82) is 0 Å². The molecule has 0 saturated heterocycles. The minimum atomic E-state index is -0.651. The van der Waals surface area contributed by atoms with E-state index in [1.165, 1.54) is 11.6 Å². The Morgan fingerprint density at radius 1 is 0.941 bits per heavy atom. The van der Waals surface area contributed by atoms with E-state index in [9.17, 15) is 14.4 Å². The largest absolute Gasteiger partial charge is 0.423 e. The van der Waals surface area contributed by atoms with Gasteiger partial charge in [-0.25, -0.2) is 9.69 Å². The minimum absolute atomic E-state index is 0.0610. The number of ether oxygens (including phenoxy) is 1. The van der Waals surface area contributed by atoms with Crippen LogP contribution in [0.1, 0.15) is 29.3 Å². The molecule has 0 spiro atoms. The van der Waals surface area contributed by atoms with Crippen LogP contribution in [-0.2, 0) is 16.0 Å². The number of rotatable bonds is 7. The molecule has 0 atom stereocenters. The van der Waals surface area contributed by atoms with Gasteiger partial charge in [0.15, 0.2) is 0 Å². The Labute approximate surface area is 206 Å². The molecular weight excluding hydrogens is 475 g/mol. The number of carbonyl (C=O) groups excluding carboxylic acids is 3. The zero-order chi connectivity index (χ0) is 24.2. The lowest BCUT2D eigenvalue weighted by atomic mass is 10.1. The molecule has 3 aromatic carbocycles. The molecule has 1 heterocycles. The summed E-state index contributed by atoms with van der Waals surface area (Å²) in [5.41, 5.74) is 2.24. The Balaban J connectivity index is 1.44. The third kappa shape index (κ3) is 4.98. The zero-order valence-electron chi connectivity index (χ0n) is 18.2. The third-order valence-corrected chi connectivity index (χ3v) is 5.74. The highest BCUT2D eigenvalue weighted by Gasteiger charge is 2.39. The van der Waals surface area contributed by atoms with Crippen molar-refractivity contribution in [2.45, 2.75) is 19.8 Å². The number of benzene rings is 3. The molecule has 0 aromatic heterocycles. The lowest BCUT2D eigenvalue weighted by Crippen LogP contribution is -2.32. The second-order valence-corrected chi connectivity index (χ2v) is 8.41. The molecule has 34 heavy (non-hydrogen) atoms. The quantitative estimate of drug-likeness (QED) is 0.249. The molecule has 0 aliphatic carbocycles. The van der Waals surface area contributed by atoms with Gasteiger partial charge in [-0.1, -0.05) is 54.7 Å². The van der Waals surface area contributed by atoms with E-state index >= 15 is 0 Å². The number of nitrogens with zero attached hydrogens (tertiary/aromatic N) is 1. The van der Waals surface area contributed by atoms with E-state index < -0.39 is 17.8 Å². The van der Waals surface area contributed by atoms with Crippen molar-refractivity contribution >= 4 is 52.4 Å². The Morgan fingerprint density at radius 3 is 2.29 bits per heavy atom. The SMILES string of the molecule is CCCc1ccc(OC(=O)c2ccc(NC3=C(Cl)C(=O)N(c4cccc(Cl)c4)C3=O)cc2)cc1. The number of esters is 1. The number of anilines is 2. The van der Waals surface area contributed by atoms with Gasteiger partial charge >= 0.3 is 5.97 Å². The number of hydrogen-bond acceptors (Lipinski definition) is 5. The van der Waals surface area contributed by atoms with Gasteiger partial charge in [0.1, 0.15) is 16.5 Å². The van der Waals surface area contributed by atoms with E-state index in [-0.39, 0.29) is 10.7 Å². The van der Waals surface area contributed by atoms with Crippen LogP contribution in [0, 0.1) is 0 Å². The molecule has 0 unspecified atom stereocenters. The molecule has 0 radical (unpaired) electrons. The first-order valence-electron chi connectivity index (χ1n) is 10.6. The third-order valence-electron chi connectivity index (χ3n) is 5.16. The molecule has 172 valence electrons. The van der Waals surface area contributed by atoms with Gasteiger partial charge in [-0.2, -0.15) is 0 Å². The Bertz CT molecular complexity index is 1280. The zero-order valence-corrected chi connectivity index (χ0v) is 19.7. The van der Waals surface area contributed by atoms with Crippen molar-refractivity contribution in [3.05, 3.63) is 99.7 Å². The molecule has 8 heteroatoms. The fourth-order valence-electron chi connectivity index (χ4n) is 3.47. The van der Waals surface area contributed by atoms with Crippen LogP contribution in [0.3, 0.4) is 0 Å². The van der Waals surface area contributed by atoms with Gasteiger partial charge in [-0.3, -0.25) is 9.59 Å². The fourth-order valence-corrected chi connectivity index (χ4v) is 3.87. The number of imide groups is 1. The molecule has 2 amide bonds. The summed E-state index contributed by atoms with van der Waals surface area (Å²) in [6, 6.07) is 20.1. The van der Waals surface area contributed by atoms with Crippen LogP contribution in [-0.4, -0.2) is 17.8 Å². The second kappa shape index (κ2) is 10.1. The van der Waals surface area contributed by atoms with Crippen molar-refractivity contribution in [2.24, 2.45) is 0 Å². The molecule has 6 nitrogen and oxygen atoms in total. The van der Waals surface area contributed by atoms with E-state index in [2.05, 4.69) is 12.2 Å². The first kappa shape index (κ1) is 23.5.